The van der Waals surface area contributed by atoms with Gasteiger partial charge < -0.3 is 9.53 Å². The van der Waals surface area contributed by atoms with E-state index in [1.165, 1.54) is 0 Å². The molecule has 0 aromatic heterocycles. The Hall–Kier alpha value is -2.11. The summed E-state index contributed by atoms with van der Waals surface area (Å²) < 4.78 is 6.79. The molecule has 0 bridgehead atoms. The Bertz CT molecular complexity index is 672. The Morgan fingerprint density at radius 3 is 1.69 bits per heavy atom. The van der Waals surface area contributed by atoms with E-state index in [0.29, 0.717) is 0 Å². The lowest BCUT2D eigenvalue weighted by Gasteiger charge is -2.45. The summed E-state index contributed by atoms with van der Waals surface area (Å²) in [4.78, 5) is 11.3. The van der Waals surface area contributed by atoms with Crippen LogP contribution in [-0.4, -0.2) is 25.7 Å². The number of amides is 1. The number of benzene rings is 2. The Balaban J connectivity index is 2.69. The van der Waals surface area contributed by atoms with E-state index in [4.69, 9.17) is 4.43 Å². The molecule has 2 aromatic rings. The van der Waals surface area contributed by atoms with Crippen molar-refractivity contribution in [2.45, 2.75) is 45.9 Å². The summed E-state index contributed by atoms with van der Waals surface area (Å²) in [5.41, 5.74) is 0. The van der Waals surface area contributed by atoms with Crippen LogP contribution in [0.1, 0.15) is 34.6 Å². The van der Waals surface area contributed by atoms with E-state index >= 15 is 0 Å². The van der Waals surface area contributed by atoms with E-state index in [1.54, 1.807) is 0 Å². The highest BCUT2D eigenvalue weighted by atomic mass is 28.4. The molecular formula is C21H29NO3Si. The third-order valence-electron chi connectivity index (χ3n) is 4.59. The van der Waals surface area contributed by atoms with Crippen LogP contribution in [0.2, 0.25) is 5.04 Å². The minimum atomic E-state index is -2.77. The zero-order chi connectivity index (χ0) is 19.4. The smallest absolute Gasteiger partial charge is 0.406 e. The molecule has 1 unspecified atom stereocenters. The highest BCUT2D eigenvalue weighted by molar-refractivity contribution is 6.99. The van der Waals surface area contributed by atoms with Crippen molar-refractivity contribution < 1.29 is 14.3 Å². The van der Waals surface area contributed by atoms with Gasteiger partial charge in [0.05, 0.1) is 0 Å². The van der Waals surface area contributed by atoms with Crippen molar-refractivity contribution >= 4 is 24.8 Å². The molecule has 0 radical (unpaired) electrons. The average Bonchev–Trinajstić information content (AvgIpc) is 2.58. The van der Waals surface area contributed by atoms with Crippen LogP contribution < -0.4 is 15.7 Å². The van der Waals surface area contributed by atoms with E-state index in [0.717, 1.165) is 10.4 Å². The van der Waals surface area contributed by atoms with Gasteiger partial charge in [-0.1, -0.05) is 95.3 Å². The minimum absolute atomic E-state index is 0.00718. The van der Waals surface area contributed by atoms with Crippen LogP contribution in [0.15, 0.2) is 60.7 Å². The molecule has 140 valence electrons. The van der Waals surface area contributed by atoms with E-state index in [1.807, 2.05) is 50.2 Å². The fourth-order valence-corrected chi connectivity index (χ4v) is 8.06. The van der Waals surface area contributed by atoms with Gasteiger partial charge in [0.1, 0.15) is 6.23 Å². The van der Waals surface area contributed by atoms with Gasteiger partial charge in [-0.15, -0.1) is 0 Å². The van der Waals surface area contributed by atoms with E-state index < -0.39 is 20.6 Å². The van der Waals surface area contributed by atoms with Crippen LogP contribution in [0.5, 0.6) is 0 Å². The van der Waals surface area contributed by atoms with Gasteiger partial charge in [0.15, 0.2) is 0 Å². The second-order valence-electron chi connectivity index (χ2n) is 7.90. The van der Waals surface area contributed by atoms with Crippen molar-refractivity contribution in [3.05, 3.63) is 60.7 Å². The lowest BCUT2D eigenvalue weighted by Crippen LogP contribution is -2.69. The van der Waals surface area contributed by atoms with Gasteiger partial charge in [-0.2, -0.15) is 0 Å². The molecule has 4 nitrogen and oxygen atoms in total. The molecule has 2 aromatic carbocycles. The maximum Gasteiger partial charge on any atom is 0.406 e. The van der Waals surface area contributed by atoms with E-state index in [2.05, 4.69) is 50.4 Å². The number of hydrogen-bond donors (Lipinski definition) is 2. The largest absolute Gasteiger partial charge is 0.465 e. The van der Waals surface area contributed by atoms with Crippen LogP contribution in [-0.2, 0) is 4.43 Å². The van der Waals surface area contributed by atoms with Gasteiger partial charge in [0.2, 0.25) is 0 Å². The zero-order valence-electron chi connectivity index (χ0n) is 16.2. The third kappa shape index (κ3) is 4.16. The van der Waals surface area contributed by atoms with Gasteiger partial charge >= 0.3 is 6.09 Å². The highest BCUT2D eigenvalue weighted by Crippen LogP contribution is 2.37. The zero-order valence-corrected chi connectivity index (χ0v) is 17.2. The van der Waals surface area contributed by atoms with Crippen LogP contribution in [0.25, 0.3) is 0 Å². The Labute approximate surface area is 157 Å². The van der Waals surface area contributed by atoms with E-state index in [9.17, 15) is 9.90 Å². The molecule has 0 aliphatic rings. The van der Waals surface area contributed by atoms with Crippen LogP contribution in [0.4, 0.5) is 4.79 Å². The fourth-order valence-electron chi connectivity index (χ4n) is 3.34. The summed E-state index contributed by atoms with van der Waals surface area (Å²) in [6.07, 6.45) is -1.65. The number of rotatable bonds is 6. The summed E-state index contributed by atoms with van der Waals surface area (Å²) in [7, 11) is -2.77. The van der Waals surface area contributed by atoms with Crippen molar-refractivity contribution in [2.24, 2.45) is 5.92 Å². The number of hydrogen-bond acceptors (Lipinski definition) is 2. The summed E-state index contributed by atoms with van der Waals surface area (Å²) in [5.74, 6) is 0.00718. The average molecular weight is 372 g/mol. The molecular weight excluding hydrogens is 342 g/mol. The van der Waals surface area contributed by atoms with Gasteiger partial charge in [0, 0.05) is 0 Å². The topological polar surface area (TPSA) is 58.6 Å². The highest BCUT2D eigenvalue weighted by Gasteiger charge is 2.51. The summed E-state index contributed by atoms with van der Waals surface area (Å²) in [5, 5.41) is 14.0. The van der Waals surface area contributed by atoms with Gasteiger partial charge in [0.25, 0.3) is 8.32 Å². The predicted molar refractivity (Wildman–Crippen MR) is 108 cm³/mol. The first kappa shape index (κ1) is 20.2. The molecule has 0 fully saturated rings. The quantitative estimate of drug-likeness (QED) is 0.600. The molecule has 0 saturated heterocycles. The van der Waals surface area contributed by atoms with Gasteiger partial charge in [-0.3, -0.25) is 5.32 Å². The Morgan fingerprint density at radius 1 is 0.962 bits per heavy atom. The first-order valence-electron chi connectivity index (χ1n) is 8.97. The van der Waals surface area contributed by atoms with Crippen molar-refractivity contribution in [3.63, 3.8) is 0 Å². The number of carboxylic acid groups (broad SMARTS) is 1. The molecule has 0 heterocycles. The summed E-state index contributed by atoms with van der Waals surface area (Å²) in [6.45, 7) is 10.5. The second kappa shape index (κ2) is 8.06. The van der Waals surface area contributed by atoms with Gasteiger partial charge in [-0.25, -0.2) is 4.79 Å². The first-order chi connectivity index (χ1) is 12.2. The normalized spacial score (nSPS) is 13.5. The molecule has 1 amide bonds. The third-order valence-corrected chi connectivity index (χ3v) is 9.60. The van der Waals surface area contributed by atoms with Crippen molar-refractivity contribution in [1.82, 2.24) is 5.32 Å². The molecule has 0 aliphatic carbocycles. The molecule has 26 heavy (non-hydrogen) atoms. The monoisotopic (exact) mass is 371 g/mol. The molecule has 0 spiro atoms. The lowest BCUT2D eigenvalue weighted by atomic mass is 10.2. The number of nitrogens with one attached hydrogen (secondary N) is 1. The maximum atomic E-state index is 11.3. The lowest BCUT2D eigenvalue weighted by molar-refractivity contribution is 0.0974. The summed E-state index contributed by atoms with van der Waals surface area (Å²) >= 11 is 0. The fraction of sp³-hybridized carbons (Fsp3) is 0.381. The summed E-state index contributed by atoms with van der Waals surface area (Å²) in [6, 6.07) is 20.5. The van der Waals surface area contributed by atoms with Crippen LogP contribution in [0, 0.1) is 5.92 Å². The van der Waals surface area contributed by atoms with Crippen molar-refractivity contribution in [3.8, 4) is 0 Å². The molecule has 5 heteroatoms. The SMILES string of the molecule is CC(C)C(NC(=O)O)O[Si](c1ccccc1)(c1ccccc1)C(C)(C)C. The van der Waals surface area contributed by atoms with Crippen molar-refractivity contribution in [1.29, 1.82) is 0 Å². The number of carbonyl (C=O) groups is 1. The predicted octanol–water partition coefficient (Wildman–Crippen LogP) is 3.81. The Morgan fingerprint density at radius 2 is 1.38 bits per heavy atom. The van der Waals surface area contributed by atoms with Crippen molar-refractivity contribution in [2.75, 3.05) is 0 Å². The standard InChI is InChI=1S/C21H29NO3Si/c1-16(2)19(22-20(23)24)25-26(21(3,4)5,17-12-8-6-9-13-17)18-14-10-7-11-15-18/h6-16,19,22H,1-5H3,(H,23,24). The van der Waals surface area contributed by atoms with Crippen LogP contribution >= 0.6 is 0 Å². The van der Waals surface area contributed by atoms with E-state index in [-0.39, 0.29) is 11.0 Å². The minimum Gasteiger partial charge on any atom is -0.465 e. The van der Waals surface area contributed by atoms with Gasteiger partial charge in [-0.05, 0) is 21.3 Å². The molecule has 1 atom stereocenters. The second-order valence-corrected chi connectivity index (χ2v) is 12.1. The first-order valence-corrected chi connectivity index (χ1v) is 10.9. The molecule has 0 aliphatic heterocycles. The maximum absolute atomic E-state index is 11.3. The molecule has 2 rings (SSSR count). The molecule has 2 N–H and O–H groups in total. The van der Waals surface area contributed by atoms with Crippen LogP contribution in [0.3, 0.4) is 0 Å². The molecule has 0 saturated carbocycles. The Kier molecular flexibility index (Phi) is 6.26.